The summed E-state index contributed by atoms with van der Waals surface area (Å²) >= 11 is 6.12. The molecule has 0 aliphatic rings. The molecule has 1 N–H and O–H groups in total. The van der Waals surface area contributed by atoms with Gasteiger partial charge in [-0.15, -0.1) is 5.10 Å². The second kappa shape index (κ2) is 8.99. The lowest BCUT2D eigenvalue weighted by Gasteiger charge is -2.09. The number of carbonyl (C=O) groups excluding carboxylic acids is 1. The quantitative estimate of drug-likeness (QED) is 0.443. The molecule has 0 aliphatic carbocycles. The number of hydrogen-bond acceptors (Lipinski definition) is 6. The van der Waals surface area contributed by atoms with Gasteiger partial charge in [0.1, 0.15) is 18.0 Å². The second-order valence-electron chi connectivity index (χ2n) is 7.34. The van der Waals surface area contributed by atoms with Crippen LogP contribution in [-0.4, -0.2) is 38.9 Å². The summed E-state index contributed by atoms with van der Waals surface area (Å²) in [5.74, 6) is 0.669. The van der Waals surface area contributed by atoms with Crippen LogP contribution < -0.4 is 26.0 Å². The summed E-state index contributed by atoms with van der Waals surface area (Å²) < 4.78 is 14.2. The maximum Gasteiger partial charge on any atom is 0.352 e. The van der Waals surface area contributed by atoms with Crippen molar-refractivity contribution in [1.82, 2.24) is 18.7 Å². The number of carbonyl (C=O) groups is 1. The third kappa shape index (κ3) is 4.17. The average Bonchev–Trinajstić information content (AvgIpc) is 3.11. The van der Waals surface area contributed by atoms with Crippen LogP contribution >= 0.6 is 11.6 Å². The monoisotopic (exact) mass is 471 g/mol. The Balaban J connectivity index is 1.77. The van der Waals surface area contributed by atoms with Crippen LogP contribution in [-0.2, 0) is 17.9 Å². The summed E-state index contributed by atoms with van der Waals surface area (Å²) in [5, 5.41) is 7.73. The fourth-order valence-electron chi connectivity index (χ4n) is 3.63. The van der Waals surface area contributed by atoms with Gasteiger partial charge in [0.2, 0.25) is 11.7 Å². The van der Waals surface area contributed by atoms with E-state index in [9.17, 15) is 14.4 Å². The first kappa shape index (κ1) is 22.4. The third-order valence-corrected chi connectivity index (χ3v) is 5.35. The number of fused-ring (bicyclic) bond motifs is 3. The zero-order valence-corrected chi connectivity index (χ0v) is 19.0. The van der Waals surface area contributed by atoms with E-state index in [0.29, 0.717) is 46.1 Å². The SMILES string of the molecule is CCCn1c(=O)c2ccc(Cl)cc2n2c(=O)n(CC(=O)Nc3cc(OC)cc(OC)c3)nc12. The molecule has 1 amide bonds. The van der Waals surface area contributed by atoms with Gasteiger partial charge in [-0.3, -0.25) is 14.2 Å². The normalized spacial score (nSPS) is 11.2. The average molecular weight is 472 g/mol. The molecule has 0 atom stereocenters. The Hall–Kier alpha value is -3.79. The zero-order valence-electron chi connectivity index (χ0n) is 18.3. The number of aromatic nitrogens is 4. The minimum Gasteiger partial charge on any atom is -0.497 e. The van der Waals surface area contributed by atoms with Gasteiger partial charge in [-0.25, -0.2) is 13.9 Å². The molecule has 10 nitrogen and oxygen atoms in total. The summed E-state index contributed by atoms with van der Waals surface area (Å²) in [5.41, 5.74) is -0.0567. The molecule has 0 spiro atoms. The van der Waals surface area contributed by atoms with Crippen molar-refractivity contribution in [2.75, 3.05) is 19.5 Å². The van der Waals surface area contributed by atoms with Gasteiger partial charge in [-0.2, -0.15) is 0 Å². The number of halogens is 1. The van der Waals surface area contributed by atoms with Gasteiger partial charge < -0.3 is 14.8 Å². The van der Waals surface area contributed by atoms with E-state index in [1.54, 1.807) is 30.3 Å². The van der Waals surface area contributed by atoms with Gasteiger partial charge in [0, 0.05) is 35.5 Å². The molecule has 33 heavy (non-hydrogen) atoms. The van der Waals surface area contributed by atoms with Crippen LogP contribution in [0.1, 0.15) is 13.3 Å². The summed E-state index contributed by atoms with van der Waals surface area (Å²) in [6, 6.07) is 9.64. The first-order chi connectivity index (χ1) is 15.9. The predicted octanol–water partition coefficient (Wildman–Crippen LogP) is 2.53. The first-order valence-corrected chi connectivity index (χ1v) is 10.6. The van der Waals surface area contributed by atoms with Crippen molar-refractivity contribution in [3.63, 3.8) is 0 Å². The van der Waals surface area contributed by atoms with E-state index in [-0.39, 0.29) is 17.9 Å². The fourth-order valence-corrected chi connectivity index (χ4v) is 3.80. The number of benzene rings is 2. The van der Waals surface area contributed by atoms with E-state index in [1.165, 1.54) is 29.3 Å². The lowest BCUT2D eigenvalue weighted by Crippen LogP contribution is -2.29. The van der Waals surface area contributed by atoms with Crippen molar-refractivity contribution in [1.29, 1.82) is 0 Å². The summed E-state index contributed by atoms with van der Waals surface area (Å²) in [6.45, 7) is 1.93. The number of nitrogens with zero attached hydrogens (tertiary/aromatic N) is 4. The molecule has 0 saturated carbocycles. The van der Waals surface area contributed by atoms with Gasteiger partial charge in [0.05, 0.1) is 25.1 Å². The molecule has 2 heterocycles. The molecule has 0 unspecified atom stereocenters. The van der Waals surface area contributed by atoms with E-state index < -0.39 is 11.6 Å². The van der Waals surface area contributed by atoms with Gasteiger partial charge in [-0.1, -0.05) is 18.5 Å². The van der Waals surface area contributed by atoms with Gasteiger partial charge in [-0.05, 0) is 24.6 Å². The number of nitrogens with one attached hydrogen (secondary N) is 1. The molecule has 0 fully saturated rings. The number of methoxy groups -OCH3 is 2. The van der Waals surface area contributed by atoms with Crippen LogP contribution in [0.2, 0.25) is 5.02 Å². The molecular weight excluding hydrogens is 450 g/mol. The molecule has 0 bridgehead atoms. The molecule has 0 saturated heterocycles. The summed E-state index contributed by atoms with van der Waals surface area (Å²) in [7, 11) is 3.01. The Morgan fingerprint density at radius 2 is 1.79 bits per heavy atom. The standard InChI is InChI=1S/C22H22ClN5O5/c1-4-7-26-20(30)17-6-5-13(23)8-18(17)28-21(26)25-27(22(28)31)12-19(29)24-14-9-15(32-2)11-16(10-14)33-3/h5-6,8-11H,4,7,12H2,1-3H3,(H,24,29). The minimum atomic E-state index is -0.555. The highest BCUT2D eigenvalue weighted by Gasteiger charge is 2.19. The minimum absolute atomic E-state index is 0.150. The Bertz CT molecular complexity index is 1460. The zero-order chi connectivity index (χ0) is 23.7. The number of ether oxygens (including phenoxy) is 2. The molecule has 4 rings (SSSR count). The number of aryl methyl sites for hydroxylation is 1. The van der Waals surface area contributed by atoms with Crippen molar-refractivity contribution in [3.8, 4) is 11.5 Å². The molecule has 0 aliphatic heterocycles. The molecule has 11 heteroatoms. The molecular formula is C22H22ClN5O5. The molecule has 172 valence electrons. The molecule has 2 aromatic heterocycles. The maximum absolute atomic E-state index is 13.2. The Labute approximate surface area is 192 Å². The van der Waals surface area contributed by atoms with Crippen LogP contribution in [0.3, 0.4) is 0 Å². The number of rotatable bonds is 7. The van der Waals surface area contributed by atoms with E-state index in [1.807, 2.05) is 6.92 Å². The van der Waals surface area contributed by atoms with Crippen LogP contribution in [0, 0.1) is 0 Å². The maximum atomic E-state index is 13.2. The number of hydrogen-bond donors (Lipinski definition) is 1. The summed E-state index contributed by atoms with van der Waals surface area (Å²) in [6.07, 6.45) is 0.661. The van der Waals surface area contributed by atoms with Crippen LogP contribution in [0.15, 0.2) is 46.0 Å². The highest BCUT2D eigenvalue weighted by molar-refractivity contribution is 6.31. The predicted molar refractivity (Wildman–Crippen MR) is 125 cm³/mol. The summed E-state index contributed by atoms with van der Waals surface area (Å²) in [4.78, 5) is 38.9. The van der Waals surface area contributed by atoms with Crippen LogP contribution in [0.5, 0.6) is 11.5 Å². The lowest BCUT2D eigenvalue weighted by molar-refractivity contribution is -0.117. The highest BCUT2D eigenvalue weighted by atomic mass is 35.5. The number of amides is 1. The van der Waals surface area contributed by atoms with Crippen molar-refractivity contribution >= 4 is 39.9 Å². The van der Waals surface area contributed by atoms with E-state index in [0.717, 1.165) is 4.68 Å². The van der Waals surface area contributed by atoms with Crippen molar-refractivity contribution < 1.29 is 14.3 Å². The van der Waals surface area contributed by atoms with Crippen molar-refractivity contribution in [3.05, 3.63) is 62.3 Å². The third-order valence-electron chi connectivity index (χ3n) is 5.12. The first-order valence-electron chi connectivity index (χ1n) is 10.2. The van der Waals surface area contributed by atoms with Gasteiger partial charge in [0.25, 0.3) is 5.56 Å². The molecule has 4 aromatic rings. The largest absolute Gasteiger partial charge is 0.497 e. The Morgan fingerprint density at radius 3 is 2.42 bits per heavy atom. The smallest absolute Gasteiger partial charge is 0.352 e. The Kier molecular flexibility index (Phi) is 6.10. The molecule has 0 radical (unpaired) electrons. The van der Waals surface area contributed by atoms with Crippen LogP contribution in [0.25, 0.3) is 16.7 Å². The van der Waals surface area contributed by atoms with E-state index in [4.69, 9.17) is 21.1 Å². The second-order valence-corrected chi connectivity index (χ2v) is 7.78. The van der Waals surface area contributed by atoms with Gasteiger partial charge >= 0.3 is 5.69 Å². The van der Waals surface area contributed by atoms with E-state index in [2.05, 4.69) is 10.4 Å². The van der Waals surface area contributed by atoms with E-state index >= 15 is 0 Å². The fraction of sp³-hybridized carbons (Fsp3) is 0.273. The molecule has 2 aromatic carbocycles. The van der Waals surface area contributed by atoms with Crippen molar-refractivity contribution in [2.24, 2.45) is 0 Å². The Morgan fingerprint density at radius 1 is 1.09 bits per heavy atom. The van der Waals surface area contributed by atoms with Crippen molar-refractivity contribution in [2.45, 2.75) is 26.4 Å². The number of anilines is 1. The van der Waals surface area contributed by atoms with Gasteiger partial charge in [0.15, 0.2) is 0 Å². The highest BCUT2D eigenvalue weighted by Crippen LogP contribution is 2.25. The topological polar surface area (TPSA) is 109 Å². The lowest BCUT2D eigenvalue weighted by atomic mass is 10.2. The van der Waals surface area contributed by atoms with Crippen LogP contribution in [0.4, 0.5) is 5.69 Å².